The van der Waals surface area contributed by atoms with Crippen molar-refractivity contribution >= 4 is 15.9 Å². The summed E-state index contributed by atoms with van der Waals surface area (Å²) in [5.41, 5.74) is 8.75. The van der Waals surface area contributed by atoms with Crippen LogP contribution in [0.1, 0.15) is 24.0 Å². The smallest absolute Gasteiger partial charge is 0.126 e. The molecule has 0 bridgehead atoms. The molecule has 1 heterocycles. The summed E-state index contributed by atoms with van der Waals surface area (Å²) in [5.74, 6) is 1.11. The van der Waals surface area contributed by atoms with Crippen LogP contribution in [0.5, 0.6) is 5.75 Å². The summed E-state index contributed by atoms with van der Waals surface area (Å²) >= 11 is 3.57. The van der Waals surface area contributed by atoms with Crippen molar-refractivity contribution < 1.29 is 4.74 Å². The molecule has 2 aliphatic rings. The highest BCUT2D eigenvalue weighted by Gasteiger charge is 2.45. The molecule has 0 aromatic heterocycles. The fourth-order valence-corrected chi connectivity index (χ4v) is 2.90. The quantitative estimate of drug-likeness (QED) is 0.893. The second-order valence-corrected chi connectivity index (χ2v) is 5.44. The van der Waals surface area contributed by atoms with E-state index in [1.54, 1.807) is 0 Å². The minimum atomic E-state index is 0.220. The van der Waals surface area contributed by atoms with Crippen LogP contribution in [0.3, 0.4) is 0 Å². The molecule has 2 N–H and O–H groups in total. The van der Waals surface area contributed by atoms with E-state index in [2.05, 4.69) is 28.1 Å². The molecule has 1 saturated carbocycles. The third-order valence-corrected chi connectivity index (χ3v) is 4.02. The molecule has 15 heavy (non-hydrogen) atoms. The van der Waals surface area contributed by atoms with Crippen molar-refractivity contribution in [2.45, 2.75) is 24.7 Å². The maximum atomic E-state index is 5.87. The fourth-order valence-electron chi connectivity index (χ4n) is 2.40. The molecule has 0 radical (unpaired) electrons. The Morgan fingerprint density at radius 2 is 2.20 bits per heavy atom. The molecule has 0 saturated heterocycles. The Kier molecular flexibility index (Phi) is 2.08. The van der Waals surface area contributed by atoms with Gasteiger partial charge in [-0.3, -0.25) is 0 Å². The molecule has 0 atom stereocenters. The predicted octanol–water partition coefficient (Wildman–Crippen LogP) is 2.37. The largest absolute Gasteiger partial charge is 0.493 e. The van der Waals surface area contributed by atoms with Crippen LogP contribution in [0.2, 0.25) is 0 Å². The lowest BCUT2D eigenvalue weighted by molar-refractivity contribution is 0.350. The van der Waals surface area contributed by atoms with Crippen molar-refractivity contribution in [3.05, 3.63) is 27.7 Å². The lowest BCUT2D eigenvalue weighted by Crippen LogP contribution is -2.20. The lowest BCUT2D eigenvalue weighted by atomic mass is 9.93. The van der Waals surface area contributed by atoms with Crippen LogP contribution < -0.4 is 10.5 Å². The normalized spacial score (nSPS) is 20.9. The number of nitrogens with two attached hydrogens (primary N) is 1. The third-order valence-electron chi connectivity index (χ3n) is 3.56. The van der Waals surface area contributed by atoms with Crippen molar-refractivity contribution in [1.82, 2.24) is 0 Å². The zero-order valence-electron chi connectivity index (χ0n) is 8.55. The van der Waals surface area contributed by atoms with Crippen LogP contribution in [0.15, 0.2) is 16.6 Å². The van der Waals surface area contributed by atoms with Gasteiger partial charge in [-0.25, -0.2) is 0 Å². The number of halogens is 1. The van der Waals surface area contributed by atoms with Crippen LogP contribution in [0.25, 0.3) is 0 Å². The first-order chi connectivity index (χ1) is 7.25. The highest BCUT2D eigenvalue weighted by molar-refractivity contribution is 9.10. The van der Waals surface area contributed by atoms with Gasteiger partial charge in [-0.2, -0.15) is 0 Å². The van der Waals surface area contributed by atoms with Crippen molar-refractivity contribution in [3.63, 3.8) is 0 Å². The molecule has 1 fully saturated rings. The number of hydrogen-bond acceptors (Lipinski definition) is 2. The molecule has 1 aromatic carbocycles. The van der Waals surface area contributed by atoms with Crippen LogP contribution in [-0.4, -0.2) is 13.2 Å². The van der Waals surface area contributed by atoms with Gasteiger partial charge in [0.15, 0.2) is 0 Å². The topological polar surface area (TPSA) is 35.2 Å². The molecule has 2 nitrogen and oxygen atoms in total. The molecule has 1 aromatic rings. The zero-order chi connectivity index (χ0) is 10.5. The van der Waals surface area contributed by atoms with Crippen molar-refractivity contribution in [2.75, 3.05) is 13.2 Å². The Balaban J connectivity index is 2.15. The van der Waals surface area contributed by atoms with E-state index >= 15 is 0 Å². The lowest BCUT2D eigenvalue weighted by Gasteiger charge is -2.17. The van der Waals surface area contributed by atoms with Crippen LogP contribution in [0, 0.1) is 0 Å². The zero-order valence-corrected chi connectivity index (χ0v) is 10.1. The Morgan fingerprint density at radius 3 is 2.87 bits per heavy atom. The van der Waals surface area contributed by atoms with Gasteiger partial charge in [-0.05, 0) is 30.5 Å². The van der Waals surface area contributed by atoms with E-state index in [0.717, 1.165) is 29.8 Å². The first kappa shape index (κ1) is 9.67. The first-order valence-corrected chi connectivity index (χ1v) is 6.20. The summed E-state index contributed by atoms with van der Waals surface area (Å²) in [7, 11) is 0. The number of ether oxygens (including phenoxy) is 1. The molecule has 1 aliphatic heterocycles. The second kappa shape index (κ2) is 3.22. The van der Waals surface area contributed by atoms with Crippen molar-refractivity contribution in [3.8, 4) is 5.75 Å². The maximum Gasteiger partial charge on any atom is 0.126 e. The highest BCUT2D eigenvalue weighted by atomic mass is 79.9. The SMILES string of the molecule is NCC1(c2cc(Br)cc3c2OCC3)CC1. The van der Waals surface area contributed by atoms with E-state index in [0.29, 0.717) is 0 Å². The molecule has 0 spiro atoms. The van der Waals surface area contributed by atoms with Crippen molar-refractivity contribution in [1.29, 1.82) is 0 Å². The van der Waals surface area contributed by atoms with Gasteiger partial charge in [-0.1, -0.05) is 15.9 Å². The average Bonchev–Trinajstić information content (AvgIpc) is 2.90. The molecule has 3 rings (SSSR count). The van der Waals surface area contributed by atoms with Gasteiger partial charge in [0.2, 0.25) is 0 Å². The van der Waals surface area contributed by atoms with Gasteiger partial charge in [0, 0.05) is 28.4 Å². The van der Waals surface area contributed by atoms with E-state index in [4.69, 9.17) is 10.5 Å². The van der Waals surface area contributed by atoms with Gasteiger partial charge in [0.05, 0.1) is 6.61 Å². The number of rotatable bonds is 2. The average molecular weight is 268 g/mol. The summed E-state index contributed by atoms with van der Waals surface area (Å²) in [4.78, 5) is 0. The second-order valence-electron chi connectivity index (χ2n) is 4.52. The molecule has 1 aliphatic carbocycles. The van der Waals surface area contributed by atoms with E-state index in [9.17, 15) is 0 Å². The predicted molar refractivity (Wildman–Crippen MR) is 63.3 cm³/mol. The number of hydrogen-bond donors (Lipinski definition) is 1. The van der Waals surface area contributed by atoms with E-state index in [-0.39, 0.29) is 5.41 Å². The summed E-state index contributed by atoms with van der Waals surface area (Å²) < 4.78 is 6.89. The Morgan fingerprint density at radius 1 is 1.40 bits per heavy atom. The van der Waals surface area contributed by atoms with Crippen LogP contribution >= 0.6 is 15.9 Å². The standard InChI is InChI=1S/C12H14BrNO/c13-9-5-8-1-4-15-11(8)10(6-9)12(7-14)2-3-12/h5-6H,1-4,7,14H2. The maximum absolute atomic E-state index is 5.87. The summed E-state index contributed by atoms with van der Waals surface area (Å²) in [6, 6.07) is 4.35. The molecule has 3 heteroatoms. The molecular formula is C12H14BrNO. The molecule has 0 unspecified atom stereocenters. The Bertz CT molecular complexity index is 412. The number of benzene rings is 1. The van der Waals surface area contributed by atoms with E-state index in [1.165, 1.54) is 24.0 Å². The van der Waals surface area contributed by atoms with Gasteiger partial charge in [0.25, 0.3) is 0 Å². The molecular weight excluding hydrogens is 254 g/mol. The van der Waals surface area contributed by atoms with E-state index < -0.39 is 0 Å². The van der Waals surface area contributed by atoms with Gasteiger partial charge >= 0.3 is 0 Å². The minimum absolute atomic E-state index is 0.220. The van der Waals surface area contributed by atoms with Crippen molar-refractivity contribution in [2.24, 2.45) is 5.73 Å². The number of fused-ring (bicyclic) bond motifs is 1. The highest BCUT2D eigenvalue weighted by Crippen LogP contribution is 2.52. The van der Waals surface area contributed by atoms with Gasteiger partial charge < -0.3 is 10.5 Å². The van der Waals surface area contributed by atoms with Gasteiger partial charge in [-0.15, -0.1) is 0 Å². The van der Waals surface area contributed by atoms with E-state index in [1.807, 2.05) is 0 Å². The summed E-state index contributed by atoms with van der Waals surface area (Å²) in [6.45, 7) is 1.55. The Labute approximate surface area is 97.9 Å². The third kappa shape index (κ3) is 1.41. The minimum Gasteiger partial charge on any atom is -0.493 e. The summed E-state index contributed by atoms with van der Waals surface area (Å²) in [5, 5.41) is 0. The first-order valence-electron chi connectivity index (χ1n) is 5.41. The molecule has 0 amide bonds. The van der Waals surface area contributed by atoms with Crippen LogP contribution in [-0.2, 0) is 11.8 Å². The van der Waals surface area contributed by atoms with Crippen LogP contribution in [0.4, 0.5) is 0 Å². The fraction of sp³-hybridized carbons (Fsp3) is 0.500. The molecule has 80 valence electrons. The van der Waals surface area contributed by atoms with Gasteiger partial charge in [0.1, 0.15) is 5.75 Å². The summed E-state index contributed by atoms with van der Waals surface area (Å²) in [6.07, 6.45) is 3.44. The Hall–Kier alpha value is -0.540. The monoisotopic (exact) mass is 267 g/mol.